The molecule has 0 N–H and O–H groups in total. The Kier molecular flexibility index (Phi) is 4.44. The molecule has 1 aromatic carbocycles. The number of rotatable bonds is 4. The van der Waals surface area contributed by atoms with Crippen molar-refractivity contribution in [3.63, 3.8) is 0 Å². The van der Waals surface area contributed by atoms with Gasteiger partial charge in [-0.2, -0.15) is 0 Å². The summed E-state index contributed by atoms with van der Waals surface area (Å²) in [6.45, 7) is 4.30. The molecule has 0 aliphatic heterocycles. The van der Waals surface area contributed by atoms with Crippen LogP contribution in [-0.2, 0) is 12.8 Å². The fourth-order valence-corrected chi connectivity index (χ4v) is 6.19. The van der Waals surface area contributed by atoms with Crippen LogP contribution < -0.4 is 0 Å². The Labute approximate surface area is 171 Å². The van der Waals surface area contributed by atoms with Crippen LogP contribution in [-0.4, -0.2) is 31.1 Å². The Morgan fingerprint density at radius 3 is 2.93 bits per heavy atom. The van der Waals surface area contributed by atoms with Crippen molar-refractivity contribution in [3.05, 3.63) is 52.2 Å². The number of carbonyl (C=O) groups excluding carboxylic acids is 1. The van der Waals surface area contributed by atoms with Gasteiger partial charge in [-0.1, -0.05) is 49.0 Å². The van der Waals surface area contributed by atoms with Crippen LogP contribution in [0.1, 0.15) is 40.0 Å². The highest BCUT2D eigenvalue weighted by molar-refractivity contribution is 7.99. The number of thioether (sulfide) groups is 1. The highest BCUT2D eigenvalue weighted by Gasteiger charge is 2.25. The number of benzene rings is 1. The third-order valence-electron chi connectivity index (χ3n) is 5.37. The molecule has 1 unspecified atom stereocenters. The average molecular weight is 409 g/mol. The van der Waals surface area contributed by atoms with Gasteiger partial charge in [0, 0.05) is 10.4 Å². The van der Waals surface area contributed by atoms with Gasteiger partial charge in [-0.3, -0.25) is 9.20 Å². The molecule has 3 aromatic heterocycles. The van der Waals surface area contributed by atoms with Crippen molar-refractivity contribution in [2.24, 2.45) is 5.92 Å². The molecule has 0 amide bonds. The molecule has 3 heterocycles. The van der Waals surface area contributed by atoms with E-state index in [-0.39, 0.29) is 5.78 Å². The van der Waals surface area contributed by atoms with Crippen LogP contribution in [0, 0.1) is 12.8 Å². The zero-order valence-corrected chi connectivity index (χ0v) is 17.4. The number of Topliss-reactive ketones (excluding diaryl/α,β-unsaturated/α-hetero) is 1. The topological polar surface area (TPSA) is 60.2 Å². The maximum absolute atomic E-state index is 12.5. The minimum atomic E-state index is 0.0935. The Hall–Kier alpha value is -2.25. The summed E-state index contributed by atoms with van der Waals surface area (Å²) in [6, 6.07) is 9.38. The Balaban J connectivity index is 1.53. The van der Waals surface area contributed by atoms with Gasteiger partial charge in [-0.25, -0.2) is 4.98 Å². The zero-order valence-electron chi connectivity index (χ0n) is 15.8. The molecule has 0 fully saturated rings. The standard InChI is InChI=1S/C21H20N4OS2/c1-12-8-9-15-17(10-12)28-20-18(15)19-23-24-21(25(19)13(2)22-20)27-11-16(26)14-6-4-3-5-7-14/h3-7,12H,8-11H2,1-2H3. The van der Waals surface area contributed by atoms with Crippen molar-refractivity contribution >= 4 is 44.7 Å². The van der Waals surface area contributed by atoms with Crippen LogP contribution in [0.15, 0.2) is 35.5 Å². The summed E-state index contributed by atoms with van der Waals surface area (Å²) in [5.41, 5.74) is 3.01. The molecule has 1 atom stereocenters. The maximum Gasteiger partial charge on any atom is 0.197 e. The van der Waals surface area contributed by atoms with Crippen LogP contribution in [0.25, 0.3) is 15.9 Å². The Bertz CT molecular complexity index is 1200. The third-order valence-corrected chi connectivity index (χ3v) is 7.44. The van der Waals surface area contributed by atoms with Crippen molar-refractivity contribution in [1.82, 2.24) is 19.6 Å². The van der Waals surface area contributed by atoms with Gasteiger partial charge in [0.05, 0.1) is 11.1 Å². The molecule has 5 nitrogen and oxygen atoms in total. The number of nitrogens with zero attached hydrogens (tertiary/aromatic N) is 4. The summed E-state index contributed by atoms with van der Waals surface area (Å²) in [5, 5.41) is 10.8. The molecule has 0 bridgehead atoms. The van der Waals surface area contributed by atoms with E-state index < -0.39 is 0 Å². The largest absolute Gasteiger partial charge is 0.293 e. The number of hydrogen-bond donors (Lipinski definition) is 0. The quantitative estimate of drug-likeness (QED) is 0.360. The fourth-order valence-electron chi connectivity index (χ4n) is 3.90. The lowest BCUT2D eigenvalue weighted by molar-refractivity contribution is 0.102. The zero-order chi connectivity index (χ0) is 19.3. The van der Waals surface area contributed by atoms with E-state index in [0.717, 1.165) is 51.2 Å². The second-order valence-electron chi connectivity index (χ2n) is 7.41. The van der Waals surface area contributed by atoms with E-state index in [1.165, 1.54) is 28.6 Å². The van der Waals surface area contributed by atoms with E-state index in [1.807, 2.05) is 41.7 Å². The summed E-state index contributed by atoms with van der Waals surface area (Å²) >= 11 is 3.23. The van der Waals surface area contributed by atoms with Crippen molar-refractivity contribution in [3.8, 4) is 0 Å². The number of hydrogen-bond acceptors (Lipinski definition) is 6. The maximum atomic E-state index is 12.5. The molecule has 1 aliphatic carbocycles. The van der Waals surface area contributed by atoms with Gasteiger partial charge in [0.15, 0.2) is 16.6 Å². The number of fused-ring (bicyclic) bond motifs is 5. The summed E-state index contributed by atoms with van der Waals surface area (Å²) < 4.78 is 2.01. The first kappa shape index (κ1) is 17.8. The first-order valence-corrected chi connectivity index (χ1v) is 11.3. The molecule has 0 saturated carbocycles. The van der Waals surface area contributed by atoms with Crippen LogP contribution in [0.5, 0.6) is 0 Å². The number of aryl methyl sites for hydroxylation is 2. The molecule has 7 heteroatoms. The summed E-state index contributed by atoms with van der Waals surface area (Å²) in [7, 11) is 0. The molecule has 1 aliphatic rings. The molecule has 4 aromatic rings. The van der Waals surface area contributed by atoms with Gasteiger partial charge in [-0.15, -0.1) is 21.5 Å². The number of carbonyl (C=O) groups is 1. The Morgan fingerprint density at radius 1 is 1.29 bits per heavy atom. The lowest BCUT2D eigenvalue weighted by Crippen LogP contribution is -2.09. The Morgan fingerprint density at radius 2 is 2.11 bits per heavy atom. The molecule has 5 rings (SSSR count). The van der Waals surface area contributed by atoms with Crippen LogP contribution in [0.3, 0.4) is 0 Å². The van der Waals surface area contributed by atoms with E-state index >= 15 is 0 Å². The van der Waals surface area contributed by atoms with Crippen molar-refractivity contribution in [2.45, 2.75) is 38.3 Å². The number of aromatic nitrogens is 4. The smallest absolute Gasteiger partial charge is 0.197 e. The molecule has 28 heavy (non-hydrogen) atoms. The van der Waals surface area contributed by atoms with Gasteiger partial charge < -0.3 is 0 Å². The predicted octanol–water partition coefficient (Wildman–Crippen LogP) is 4.75. The average Bonchev–Trinajstić information content (AvgIpc) is 3.27. The molecular weight excluding hydrogens is 388 g/mol. The highest BCUT2D eigenvalue weighted by atomic mass is 32.2. The van der Waals surface area contributed by atoms with Crippen LogP contribution in [0.2, 0.25) is 0 Å². The van der Waals surface area contributed by atoms with Crippen molar-refractivity contribution in [1.29, 1.82) is 0 Å². The second kappa shape index (κ2) is 6.97. The normalized spacial score (nSPS) is 16.6. The van der Waals surface area contributed by atoms with Crippen LogP contribution >= 0.6 is 23.1 Å². The molecule has 0 spiro atoms. The third kappa shape index (κ3) is 2.93. The van der Waals surface area contributed by atoms with E-state index in [1.54, 1.807) is 11.3 Å². The van der Waals surface area contributed by atoms with E-state index in [4.69, 9.17) is 4.98 Å². The lowest BCUT2D eigenvalue weighted by Gasteiger charge is -2.17. The molecule has 142 valence electrons. The van der Waals surface area contributed by atoms with Gasteiger partial charge >= 0.3 is 0 Å². The van der Waals surface area contributed by atoms with Gasteiger partial charge in [0.1, 0.15) is 10.7 Å². The van der Waals surface area contributed by atoms with Crippen molar-refractivity contribution in [2.75, 3.05) is 5.75 Å². The van der Waals surface area contributed by atoms with Gasteiger partial charge in [0.2, 0.25) is 0 Å². The lowest BCUT2D eigenvalue weighted by atomic mass is 9.89. The summed E-state index contributed by atoms with van der Waals surface area (Å²) in [6.07, 6.45) is 3.42. The summed E-state index contributed by atoms with van der Waals surface area (Å²) in [4.78, 5) is 19.8. The van der Waals surface area contributed by atoms with Crippen molar-refractivity contribution < 1.29 is 4.79 Å². The fraction of sp³-hybridized carbons (Fsp3) is 0.333. The van der Waals surface area contributed by atoms with Gasteiger partial charge in [0.25, 0.3) is 0 Å². The minimum absolute atomic E-state index is 0.0935. The monoisotopic (exact) mass is 408 g/mol. The first-order chi connectivity index (χ1) is 13.6. The van der Waals surface area contributed by atoms with E-state index in [9.17, 15) is 4.79 Å². The molecular formula is C21H20N4OS2. The highest BCUT2D eigenvalue weighted by Crippen LogP contribution is 2.39. The second-order valence-corrected chi connectivity index (χ2v) is 9.44. The number of ketones is 1. The minimum Gasteiger partial charge on any atom is -0.293 e. The molecule has 0 saturated heterocycles. The predicted molar refractivity (Wildman–Crippen MR) is 114 cm³/mol. The summed E-state index contributed by atoms with van der Waals surface area (Å²) in [5.74, 6) is 2.03. The first-order valence-electron chi connectivity index (χ1n) is 9.49. The van der Waals surface area contributed by atoms with E-state index in [0.29, 0.717) is 5.75 Å². The SMILES string of the molecule is Cc1nc2sc3c(c2c2nnc(SCC(=O)c4ccccc4)n12)CCC(C)C3. The van der Waals surface area contributed by atoms with E-state index in [2.05, 4.69) is 17.1 Å². The van der Waals surface area contributed by atoms with Crippen LogP contribution in [0.4, 0.5) is 0 Å². The number of thiophene rings is 1. The molecule has 0 radical (unpaired) electrons. The van der Waals surface area contributed by atoms with Gasteiger partial charge in [-0.05, 0) is 37.7 Å².